The SMILES string of the molecule is c1cc(-c2cccc(-n3c4ccccc4c4cc(-n5c6ccccc6c6ccccc65)ccc43)c2)cc(-c2cccc3c2sc2ccccc23)c1.c1ccc(-n2c3ccccc3c3cc(-c4ccc5c(c4)c4ccccc4n5-c4ccc5sc6ccccc6c5c4)ccc32)cc1.c1ccc(-n2c3ccccc3c3cc(-c4ccc5c(c4)c4ccccc4n5-c4cccc5c4sc4ccccc45)ccc32)cc1. The molecule has 141 heavy (non-hydrogen) atoms. The summed E-state index contributed by atoms with van der Waals surface area (Å²) in [5.41, 5.74) is 31.6. The first kappa shape index (κ1) is 80.6. The first-order valence-electron chi connectivity index (χ1n) is 48.2. The van der Waals surface area contributed by atoms with E-state index >= 15 is 0 Å². The highest BCUT2D eigenvalue weighted by Crippen LogP contribution is 2.49. The zero-order valence-corrected chi connectivity index (χ0v) is 78.7. The summed E-state index contributed by atoms with van der Waals surface area (Å²) in [7, 11) is 0. The molecule has 0 aliphatic heterocycles. The van der Waals surface area contributed by atoms with Crippen LogP contribution >= 0.6 is 34.0 Å². The molecule has 0 aliphatic rings. The van der Waals surface area contributed by atoms with Gasteiger partial charge in [-0.15, -0.1) is 34.0 Å². The lowest BCUT2D eigenvalue weighted by Gasteiger charge is -2.12. The molecular weight excluding hydrogens is 1770 g/mol. The molecule has 9 heterocycles. The van der Waals surface area contributed by atoms with Crippen molar-refractivity contribution in [3.8, 4) is 78.6 Å². The van der Waals surface area contributed by atoms with Crippen LogP contribution in [0.15, 0.2) is 497 Å². The van der Waals surface area contributed by atoms with Crippen LogP contribution in [0.4, 0.5) is 0 Å². The zero-order valence-electron chi connectivity index (χ0n) is 76.3. The number of fused-ring (bicyclic) bond motifs is 27. The minimum absolute atomic E-state index is 1.15. The van der Waals surface area contributed by atoms with E-state index in [1.165, 1.54) is 264 Å². The predicted octanol–water partition coefficient (Wildman–Crippen LogP) is 37.4. The second kappa shape index (κ2) is 32.5. The van der Waals surface area contributed by atoms with E-state index in [0.29, 0.717) is 0 Å². The lowest BCUT2D eigenvalue weighted by molar-refractivity contribution is 1.17. The number of para-hydroxylation sites is 9. The molecule has 9 aromatic heterocycles. The third-order valence-electron chi connectivity index (χ3n) is 29.1. The quantitative estimate of drug-likeness (QED) is 0.131. The van der Waals surface area contributed by atoms with E-state index in [-0.39, 0.29) is 0 Å². The van der Waals surface area contributed by atoms with Gasteiger partial charge in [0.05, 0.1) is 76.6 Å². The Bertz CT molecular complexity index is 10500. The maximum Gasteiger partial charge on any atom is 0.0640 e. The smallest absolute Gasteiger partial charge is 0.0640 e. The molecule has 0 saturated heterocycles. The van der Waals surface area contributed by atoms with Crippen molar-refractivity contribution in [2.45, 2.75) is 0 Å². The molecular formula is C132H82N6S3. The molecule has 0 N–H and O–H groups in total. The van der Waals surface area contributed by atoms with Crippen molar-refractivity contribution in [3.63, 3.8) is 0 Å². The lowest BCUT2D eigenvalue weighted by Crippen LogP contribution is -1.96. The van der Waals surface area contributed by atoms with Gasteiger partial charge < -0.3 is 27.4 Å². The summed E-state index contributed by atoms with van der Waals surface area (Å²) in [5.74, 6) is 0. The van der Waals surface area contributed by atoms with E-state index in [1.54, 1.807) is 0 Å². The molecule has 31 aromatic rings. The number of aromatic nitrogens is 6. The number of hydrogen-bond donors (Lipinski definition) is 0. The Labute approximate surface area is 822 Å². The molecule has 9 heteroatoms. The van der Waals surface area contributed by atoms with Gasteiger partial charge >= 0.3 is 0 Å². The molecule has 0 fully saturated rings. The highest BCUT2D eigenvalue weighted by atomic mass is 32.1. The van der Waals surface area contributed by atoms with Crippen LogP contribution < -0.4 is 0 Å². The van der Waals surface area contributed by atoms with Gasteiger partial charge in [-0.3, -0.25) is 0 Å². The third-order valence-corrected chi connectivity index (χ3v) is 32.7. The molecule has 22 aromatic carbocycles. The largest absolute Gasteiger partial charge is 0.309 e. The van der Waals surface area contributed by atoms with E-state index < -0.39 is 0 Å². The van der Waals surface area contributed by atoms with Gasteiger partial charge in [-0.05, 0) is 239 Å². The predicted molar refractivity (Wildman–Crippen MR) is 606 cm³/mol. The molecule has 658 valence electrons. The van der Waals surface area contributed by atoms with Crippen molar-refractivity contribution in [3.05, 3.63) is 497 Å². The lowest BCUT2D eigenvalue weighted by atomic mass is 9.97. The van der Waals surface area contributed by atoms with Gasteiger partial charge in [0, 0.05) is 149 Å². The van der Waals surface area contributed by atoms with Crippen molar-refractivity contribution in [1.82, 2.24) is 27.4 Å². The number of benzene rings is 22. The van der Waals surface area contributed by atoms with Gasteiger partial charge in [-0.2, -0.15) is 0 Å². The van der Waals surface area contributed by atoms with E-state index in [4.69, 9.17) is 0 Å². The van der Waals surface area contributed by atoms with Gasteiger partial charge in [0.15, 0.2) is 0 Å². The van der Waals surface area contributed by atoms with E-state index in [9.17, 15) is 0 Å². The molecule has 6 nitrogen and oxygen atoms in total. The summed E-state index contributed by atoms with van der Waals surface area (Å²) >= 11 is 5.63. The van der Waals surface area contributed by atoms with Crippen molar-refractivity contribution < 1.29 is 0 Å². The maximum atomic E-state index is 2.46. The van der Waals surface area contributed by atoms with Gasteiger partial charge in [-0.1, -0.05) is 303 Å². The molecule has 0 spiro atoms. The molecule has 31 rings (SSSR count). The number of thiophene rings is 3. The average molecular weight is 1850 g/mol. The van der Waals surface area contributed by atoms with E-state index in [1.807, 2.05) is 34.0 Å². The van der Waals surface area contributed by atoms with Crippen LogP contribution in [-0.2, 0) is 0 Å². The second-order valence-corrected chi connectivity index (χ2v) is 40.1. The van der Waals surface area contributed by atoms with E-state index in [2.05, 4.69) is 525 Å². The van der Waals surface area contributed by atoms with Gasteiger partial charge in [0.1, 0.15) is 0 Å². The molecule has 0 aliphatic carbocycles. The zero-order chi connectivity index (χ0) is 92.4. The normalized spacial score (nSPS) is 12.0. The number of rotatable bonds is 10. The summed E-state index contributed by atoms with van der Waals surface area (Å²) < 4.78 is 22.4. The first-order chi connectivity index (χ1) is 69.9. The van der Waals surface area contributed by atoms with Crippen LogP contribution in [0.25, 0.3) is 270 Å². The van der Waals surface area contributed by atoms with Crippen molar-refractivity contribution in [2.24, 2.45) is 0 Å². The Morgan fingerprint density at radius 3 is 0.837 bits per heavy atom. The van der Waals surface area contributed by atoms with Crippen LogP contribution in [0.2, 0.25) is 0 Å². The van der Waals surface area contributed by atoms with Gasteiger partial charge in [0.2, 0.25) is 0 Å². The highest BCUT2D eigenvalue weighted by molar-refractivity contribution is 7.27. The van der Waals surface area contributed by atoms with Gasteiger partial charge in [0.25, 0.3) is 0 Å². The fraction of sp³-hybridized carbons (Fsp3) is 0. The van der Waals surface area contributed by atoms with Crippen molar-refractivity contribution in [1.29, 1.82) is 0 Å². The summed E-state index contributed by atoms with van der Waals surface area (Å²) in [6, 6.07) is 182. The van der Waals surface area contributed by atoms with Crippen LogP contribution in [-0.4, -0.2) is 27.4 Å². The second-order valence-electron chi connectivity index (χ2n) is 36.9. The fourth-order valence-electron chi connectivity index (χ4n) is 22.9. The molecule has 0 radical (unpaired) electrons. The summed E-state index contributed by atoms with van der Waals surface area (Å²) in [5, 5.41) is 23.1. The Balaban J connectivity index is 0.000000102. The van der Waals surface area contributed by atoms with Crippen LogP contribution in [0.1, 0.15) is 0 Å². The minimum atomic E-state index is 1.15. The average Bonchev–Trinajstić information content (AvgIpc) is 1.60. The highest BCUT2D eigenvalue weighted by Gasteiger charge is 2.25. The fourth-order valence-corrected chi connectivity index (χ4v) is 26.4. The monoisotopic (exact) mass is 1850 g/mol. The summed E-state index contributed by atoms with van der Waals surface area (Å²) in [4.78, 5) is 0. The molecule has 0 atom stereocenters. The van der Waals surface area contributed by atoms with E-state index in [0.717, 1.165) is 5.69 Å². The summed E-state index contributed by atoms with van der Waals surface area (Å²) in [6.07, 6.45) is 0. The van der Waals surface area contributed by atoms with Crippen molar-refractivity contribution in [2.75, 3.05) is 0 Å². The Morgan fingerprint density at radius 1 is 0.121 bits per heavy atom. The Hall–Kier alpha value is -17.7. The first-order valence-corrected chi connectivity index (χ1v) is 50.6. The third kappa shape index (κ3) is 12.9. The molecule has 0 amide bonds. The molecule has 0 saturated carbocycles. The standard InChI is InChI=1S/C48H30N2S.2C42H26N2S/c1-5-22-43-37(16-1)38-17-2-6-23-44(38)50(43)35-26-27-46-42(30-35)39-18-3-7-24-45(39)49(46)34-15-10-13-32(29-34)31-12-9-14-33(28-31)36-20-11-21-41-40-19-4-8-25-47(40)51-48(36)41;1-2-11-29(12-3-1)43-36-17-7-4-13-30(36)34-25-27(21-23-38(34)43)28-22-24-39-35(26-28)31-14-5-8-18-37(31)44(39)40-19-10-16-33-32-15-6-9-20-41(32)45-42(33)40;1-2-10-29(11-3-1)43-37-15-7-4-12-31(37)34-24-27(18-21-39(34)43)28-19-22-40-35(25-28)32-13-5-8-16-38(32)44(40)30-20-23-42-36(26-30)33-14-6-9-17-41(33)45-42/h1-30H;2*1-26H. The van der Waals surface area contributed by atoms with Gasteiger partial charge in [-0.25, -0.2) is 0 Å². The Kier molecular flexibility index (Phi) is 18.6. The van der Waals surface area contributed by atoms with Crippen LogP contribution in [0.3, 0.4) is 0 Å². The number of nitrogens with zero attached hydrogens (tertiary/aromatic N) is 6. The topological polar surface area (TPSA) is 29.6 Å². The Morgan fingerprint density at radius 2 is 0.383 bits per heavy atom. The minimum Gasteiger partial charge on any atom is -0.309 e. The summed E-state index contributed by atoms with van der Waals surface area (Å²) in [6.45, 7) is 0. The van der Waals surface area contributed by atoms with Crippen LogP contribution in [0, 0.1) is 0 Å². The maximum absolute atomic E-state index is 2.46. The molecule has 0 unspecified atom stereocenters. The molecule has 0 bridgehead atoms. The van der Waals surface area contributed by atoms with Crippen molar-refractivity contribution >= 4 is 225 Å². The number of hydrogen-bond acceptors (Lipinski definition) is 3. The van der Waals surface area contributed by atoms with Crippen LogP contribution in [0.5, 0.6) is 0 Å².